The number of amides is 2. The van der Waals surface area contributed by atoms with Gasteiger partial charge in [0.25, 0.3) is 11.8 Å². The maximum Gasteiger partial charge on any atom is 0.269 e. The third kappa shape index (κ3) is 4.76. The normalized spacial score (nSPS) is 10.3. The minimum Gasteiger partial charge on any atom is -0.376 e. The van der Waals surface area contributed by atoms with Crippen LogP contribution in [0.4, 0.5) is 5.69 Å². The molecule has 6 heteroatoms. The maximum absolute atomic E-state index is 12.2. The molecule has 0 atom stereocenters. The number of nitrogens with zero attached hydrogens (tertiary/aromatic N) is 1. The van der Waals surface area contributed by atoms with E-state index in [2.05, 4.69) is 16.2 Å². The minimum atomic E-state index is -0.367. The van der Waals surface area contributed by atoms with Crippen molar-refractivity contribution in [2.75, 3.05) is 11.9 Å². The number of hydrogen-bond acceptors (Lipinski definition) is 3. The predicted molar refractivity (Wildman–Crippen MR) is 106 cm³/mol. The Morgan fingerprint density at radius 2 is 1.63 bits per heavy atom. The number of benzene rings is 2. The van der Waals surface area contributed by atoms with Crippen LogP contribution in [0.2, 0.25) is 0 Å². The van der Waals surface area contributed by atoms with Gasteiger partial charge in [-0.05, 0) is 61.9 Å². The van der Waals surface area contributed by atoms with Gasteiger partial charge in [0.1, 0.15) is 0 Å². The van der Waals surface area contributed by atoms with Crippen molar-refractivity contribution in [1.29, 1.82) is 0 Å². The molecule has 2 amide bonds. The van der Waals surface area contributed by atoms with E-state index in [1.54, 1.807) is 12.1 Å². The van der Waals surface area contributed by atoms with E-state index >= 15 is 0 Å². The number of aromatic nitrogens is 1. The standard InChI is InChI=1S/C21H22N4O2/c1-15-5-10-19(16(2)13-15)22-14-20(26)23-24-21(27)17-6-8-18(9-7-17)25-11-3-4-12-25/h3-13,22H,14H2,1-2H3,(H,23,26)(H,24,27). The number of aryl methyl sites for hydroxylation is 2. The molecule has 3 N–H and O–H groups in total. The first-order valence-electron chi connectivity index (χ1n) is 8.66. The number of nitrogens with one attached hydrogen (secondary N) is 3. The predicted octanol–water partition coefficient (Wildman–Crippen LogP) is 2.97. The number of carbonyl (C=O) groups is 2. The summed E-state index contributed by atoms with van der Waals surface area (Å²) in [6.45, 7) is 4.06. The van der Waals surface area contributed by atoms with Gasteiger partial charge in [-0.15, -0.1) is 0 Å². The van der Waals surface area contributed by atoms with Crippen LogP contribution in [0, 0.1) is 13.8 Å². The van der Waals surface area contributed by atoms with Crippen LogP contribution in [0.3, 0.4) is 0 Å². The highest BCUT2D eigenvalue weighted by atomic mass is 16.2. The zero-order valence-electron chi connectivity index (χ0n) is 15.3. The molecule has 6 nitrogen and oxygen atoms in total. The van der Waals surface area contributed by atoms with Crippen LogP contribution in [0.1, 0.15) is 21.5 Å². The van der Waals surface area contributed by atoms with Crippen LogP contribution in [0.25, 0.3) is 5.69 Å². The molecule has 0 saturated carbocycles. The maximum atomic E-state index is 12.2. The van der Waals surface area contributed by atoms with Crippen LogP contribution in [0.5, 0.6) is 0 Å². The fourth-order valence-corrected chi connectivity index (χ4v) is 2.72. The van der Waals surface area contributed by atoms with Gasteiger partial charge in [-0.1, -0.05) is 17.7 Å². The van der Waals surface area contributed by atoms with Crippen molar-refractivity contribution in [2.45, 2.75) is 13.8 Å². The van der Waals surface area contributed by atoms with Gasteiger partial charge in [-0.3, -0.25) is 20.4 Å². The number of hydrazine groups is 1. The second-order valence-electron chi connectivity index (χ2n) is 6.31. The number of hydrogen-bond donors (Lipinski definition) is 3. The van der Waals surface area contributed by atoms with Gasteiger partial charge >= 0.3 is 0 Å². The Kier molecular flexibility index (Phi) is 5.56. The molecule has 1 aromatic heterocycles. The highest BCUT2D eigenvalue weighted by Gasteiger charge is 2.08. The zero-order chi connectivity index (χ0) is 19.2. The van der Waals surface area contributed by atoms with Crippen molar-refractivity contribution in [3.8, 4) is 5.69 Å². The Bertz CT molecular complexity index is 931. The lowest BCUT2D eigenvalue weighted by molar-refractivity contribution is -0.120. The second-order valence-corrected chi connectivity index (χ2v) is 6.31. The average molecular weight is 362 g/mol. The minimum absolute atomic E-state index is 0.0662. The van der Waals surface area contributed by atoms with Gasteiger partial charge in [-0.2, -0.15) is 0 Å². The molecule has 2 aromatic carbocycles. The largest absolute Gasteiger partial charge is 0.376 e. The lowest BCUT2D eigenvalue weighted by atomic mass is 10.1. The van der Waals surface area contributed by atoms with Crippen LogP contribution < -0.4 is 16.2 Å². The van der Waals surface area contributed by atoms with Crippen molar-refractivity contribution in [3.05, 3.63) is 83.7 Å². The van der Waals surface area contributed by atoms with Gasteiger partial charge in [0.15, 0.2) is 0 Å². The molecule has 0 fully saturated rings. The monoisotopic (exact) mass is 362 g/mol. The van der Waals surface area contributed by atoms with E-state index in [4.69, 9.17) is 0 Å². The summed E-state index contributed by atoms with van der Waals surface area (Å²) < 4.78 is 1.95. The summed E-state index contributed by atoms with van der Waals surface area (Å²) in [5.74, 6) is -0.693. The SMILES string of the molecule is Cc1ccc(NCC(=O)NNC(=O)c2ccc(-n3cccc3)cc2)c(C)c1. The first-order valence-corrected chi connectivity index (χ1v) is 8.66. The summed E-state index contributed by atoms with van der Waals surface area (Å²) in [4.78, 5) is 24.1. The summed E-state index contributed by atoms with van der Waals surface area (Å²) in [6.07, 6.45) is 3.86. The summed E-state index contributed by atoms with van der Waals surface area (Å²) >= 11 is 0. The highest BCUT2D eigenvalue weighted by molar-refractivity contribution is 5.95. The van der Waals surface area contributed by atoms with Gasteiger partial charge in [-0.25, -0.2) is 0 Å². The molecule has 0 spiro atoms. The van der Waals surface area contributed by atoms with E-state index in [-0.39, 0.29) is 18.4 Å². The molecule has 0 radical (unpaired) electrons. The molecular formula is C21H22N4O2. The van der Waals surface area contributed by atoms with Crippen molar-refractivity contribution in [2.24, 2.45) is 0 Å². The first-order chi connectivity index (χ1) is 13.0. The number of carbonyl (C=O) groups excluding carboxylic acids is 2. The lowest BCUT2D eigenvalue weighted by Crippen LogP contribution is -2.44. The molecule has 3 rings (SSSR count). The summed E-state index contributed by atoms with van der Waals surface area (Å²) in [6, 6.07) is 16.9. The molecule has 0 bridgehead atoms. The molecule has 138 valence electrons. The van der Waals surface area contributed by atoms with Gasteiger partial charge in [0.05, 0.1) is 6.54 Å². The molecule has 0 aliphatic rings. The summed E-state index contributed by atoms with van der Waals surface area (Å²) in [7, 11) is 0. The molecule has 0 aliphatic carbocycles. The van der Waals surface area contributed by atoms with Crippen molar-refractivity contribution in [1.82, 2.24) is 15.4 Å². The van der Waals surface area contributed by atoms with Crippen LogP contribution in [-0.4, -0.2) is 22.9 Å². The van der Waals surface area contributed by atoms with E-state index in [1.165, 1.54) is 0 Å². The first kappa shape index (κ1) is 18.3. The molecule has 0 unspecified atom stereocenters. The summed E-state index contributed by atoms with van der Waals surface area (Å²) in [5.41, 5.74) is 9.39. The Balaban J connectivity index is 1.49. The Morgan fingerprint density at radius 1 is 0.926 bits per heavy atom. The van der Waals surface area contributed by atoms with Gasteiger partial charge in [0.2, 0.25) is 0 Å². The Labute approximate surface area is 158 Å². The Morgan fingerprint density at radius 3 is 2.30 bits per heavy atom. The quantitative estimate of drug-likeness (QED) is 0.611. The van der Waals surface area contributed by atoms with E-state index in [9.17, 15) is 9.59 Å². The van der Waals surface area contributed by atoms with E-state index in [0.717, 1.165) is 22.5 Å². The summed E-state index contributed by atoms with van der Waals surface area (Å²) in [5, 5.41) is 3.06. The van der Waals surface area contributed by atoms with Crippen LogP contribution in [0.15, 0.2) is 67.0 Å². The topological polar surface area (TPSA) is 75.2 Å². The third-order valence-electron chi connectivity index (χ3n) is 4.17. The number of anilines is 1. The van der Waals surface area contributed by atoms with Crippen molar-refractivity contribution >= 4 is 17.5 Å². The number of rotatable bonds is 5. The lowest BCUT2D eigenvalue weighted by Gasteiger charge is -2.11. The van der Waals surface area contributed by atoms with Crippen LogP contribution >= 0.6 is 0 Å². The van der Waals surface area contributed by atoms with E-state index in [1.807, 2.05) is 73.3 Å². The fraction of sp³-hybridized carbons (Fsp3) is 0.143. The molecule has 3 aromatic rings. The molecule has 0 aliphatic heterocycles. The average Bonchev–Trinajstić information content (AvgIpc) is 3.20. The van der Waals surface area contributed by atoms with Crippen molar-refractivity contribution < 1.29 is 9.59 Å². The smallest absolute Gasteiger partial charge is 0.269 e. The van der Waals surface area contributed by atoms with Crippen molar-refractivity contribution in [3.63, 3.8) is 0 Å². The third-order valence-corrected chi connectivity index (χ3v) is 4.17. The fourth-order valence-electron chi connectivity index (χ4n) is 2.72. The molecule has 27 heavy (non-hydrogen) atoms. The van der Waals surface area contributed by atoms with Crippen LogP contribution in [-0.2, 0) is 4.79 Å². The van der Waals surface area contributed by atoms with E-state index < -0.39 is 0 Å². The Hall–Kier alpha value is -3.54. The van der Waals surface area contributed by atoms with E-state index in [0.29, 0.717) is 5.56 Å². The second kappa shape index (κ2) is 8.23. The highest BCUT2D eigenvalue weighted by Crippen LogP contribution is 2.15. The van der Waals surface area contributed by atoms with Gasteiger partial charge < -0.3 is 9.88 Å². The zero-order valence-corrected chi connectivity index (χ0v) is 15.3. The van der Waals surface area contributed by atoms with Gasteiger partial charge in [0, 0.05) is 29.3 Å². The molecule has 1 heterocycles. The molecular weight excluding hydrogens is 340 g/mol. The molecule has 0 saturated heterocycles.